The molecule has 3 heteroatoms. The molecule has 0 aromatic rings. The first-order valence-electron chi connectivity index (χ1n) is 4.91. The van der Waals surface area contributed by atoms with Crippen LogP contribution in [0.5, 0.6) is 0 Å². The average Bonchev–Trinajstić information content (AvgIpc) is 2.28. The molecule has 0 aromatic carbocycles. The van der Waals surface area contributed by atoms with Crippen LogP contribution in [-0.4, -0.2) is 22.4 Å². The van der Waals surface area contributed by atoms with E-state index in [0.29, 0.717) is 12.0 Å². The Bertz CT molecular complexity index is 201. The zero-order valence-corrected chi connectivity index (χ0v) is 9.77. The molecule has 0 radical (unpaired) electrons. The molecule has 3 atom stereocenters. The van der Waals surface area contributed by atoms with E-state index in [0.717, 1.165) is 6.42 Å². The molecule has 76 valence electrons. The molecule has 0 amide bonds. The van der Waals surface area contributed by atoms with E-state index < -0.39 is 0 Å². The van der Waals surface area contributed by atoms with Crippen LogP contribution in [-0.2, 0) is 0 Å². The largest absolute Gasteiger partial charge is 0.328 e. The van der Waals surface area contributed by atoms with Crippen molar-refractivity contribution in [2.75, 3.05) is 0 Å². The molecule has 3 unspecified atom stereocenters. The van der Waals surface area contributed by atoms with Crippen LogP contribution in [0, 0.1) is 5.92 Å². The molecule has 0 bridgehead atoms. The van der Waals surface area contributed by atoms with Crippen molar-refractivity contribution >= 4 is 17.3 Å². The van der Waals surface area contributed by atoms with Crippen molar-refractivity contribution in [3.05, 3.63) is 0 Å². The highest BCUT2D eigenvalue weighted by Gasteiger charge is 2.39. The topological polar surface area (TPSA) is 38.4 Å². The summed E-state index contributed by atoms with van der Waals surface area (Å²) in [6, 6.07) is 0.698. The maximum absolute atomic E-state index is 5.85. The van der Waals surface area contributed by atoms with E-state index in [1.807, 2.05) is 17.3 Å². The first-order valence-corrected chi connectivity index (χ1v) is 5.79. The van der Waals surface area contributed by atoms with E-state index in [1.54, 1.807) is 0 Å². The van der Waals surface area contributed by atoms with Crippen LogP contribution in [0.3, 0.4) is 0 Å². The fourth-order valence-electron chi connectivity index (χ4n) is 2.13. The summed E-state index contributed by atoms with van der Waals surface area (Å²) in [6.07, 6.45) is 1.04. The third kappa shape index (κ3) is 2.47. The van der Waals surface area contributed by atoms with E-state index >= 15 is 0 Å². The Labute approximate surface area is 85.4 Å². The minimum absolute atomic E-state index is 0.225. The highest BCUT2D eigenvalue weighted by atomic mass is 32.2. The molecule has 13 heavy (non-hydrogen) atoms. The Balaban J connectivity index is 2.67. The molecule has 1 aliphatic heterocycles. The van der Waals surface area contributed by atoms with Gasteiger partial charge in [0.15, 0.2) is 0 Å². The normalized spacial score (nSPS) is 35.7. The van der Waals surface area contributed by atoms with Crippen LogP contribution in [0.4, 0.5) is 0 Å². The Morgan fingerprint density at radius 1 is 1.54 bits per heavy atom. The predicted molar refractivity (Wildman–Crippen MR) is 61.4 cm³/mol. The number of nitrogens with two attached hydrogens (primary N) is 1. The first kappa shape index (κ1) is 11.1. The molecule has 2 nitrogen and oxygen atoms in total. The molecule has 0 saturated carbocycles. The number of aliphatic imine (C=N–C) groups is 1. The summed E-state index contributed by atoms with van der Waals surface area (Å²) < 4.78 is 0.225. The van der Waals surface area contributed by atoms with E-state index in [-0.39, 0.29) is 10.8 Å². The molecule has 0 fully saturated rings. The summed E-state index contributed by atoms with van der Waals surface area (Å²) in [7, 11) is 0. The Hall–Kier alpha value is -0.0200. The average molecular weight is 200 g/mol. The van der Waals surface area contributed by atoms with Gasteiger partial charge in [-0.2, -0.15) is 0 Å². The second-order valence-electron chi connectivity index (χ2n) is 4.56. The van der Waals surface area contributed by atoms with Crippen molar-refractivity contribution in [1.82, 2.24) is 0 Å². The number of rotatable bonds is 3. The highest BCUT2D eigenvalue weighted by Crippen LogP contribution is 2.41. The van der Waals surface area contributed by atoms with Gasteiger partial charge in [0.25, 0.3) is 0 Å². The fourth-order valence-corrected chi connectivity index (χ4v) is 3.39. The number of hydrogen-bond donors (Lipinski definition) is 1. The molecule has 2 N–H and O–H groups in total. The summed E-state index contributed by atoms with van der Waals surface area (Å²) >= 11 is 1.84. The van der Waals surface area contributed by atoms with Gasteiger partial charge in [0.2, 0.25) is 0 Å². The van der Waals surface area contributed by atoms with Crippen LogP contribution in [0.15, 0.2) is 4.99 Å². The van der Waals surface area contributed by atoms with Crippen molar-refractivity contribution in [2.45, 2.75) is 50.9 Å². The summed E-state index contributed by atoms with van der Waals surface area (Å²) in [5.74, 6) is 0.606. The van der Waals surface area contributed by atoms with E-state index in [4.69, 9.17) is 5.73 Å². The Morgan fingerprint density at radius 3 is 2.62 bits per heavy atom. The molecule has 0 aliphatic carbocycles. The zero-order chi connectivity index (χ0) is 10.1. The molecule has 0 aromatic heterocycles. The first-order chi connectivity index (χ1) is 5.96. The second kappa shape index (κ2) is 4.01. The minimum atomic E-state index is 0.225. The van der Waals surface area contributed by atoms with Gasteiger partial charge in [-0.3, -0.25) is 4.99 Å². The Morgan fingerprint density at radius 2 is 2.15 bits per heavy atom. The van der Waals surface area contributed by atoms with Gasteiger partial charge < -0.3 is 5.73 Å². The monoisotopic (exact) mass is 200 g/mol. The molecule has 1 rings (SSSR count). The van der Waals surface area contributed by atoms with Crippen molar-refractivity contribution in [1.29, 1.82) is 0 Å². The summed E-state index contributed by atoms with van der Waals surface area (Å²) in [6.45, 7) is 8.81. The van der Waals surface area contributed by atoms with Gasteiger partial charge >= 0.3 is 0 Å². The van der Waals surface area contributed by atoms with Crippen LogP contribution in [0.25, 0.3) is 0 Å². The van der Waals surface area contributed by atoms with Crippen LogP contribution in [0.1, 0.15) is 34.1 Å². The van der Waals surface area contributed by atoms with Crippen LogP contribution in [0.2, 0.25) is 0 Å². The predicted octanol–water partition coefficient (Wildman–Crippen LogP) is 2.28. The maximum Gasteiger partial charge on any atom is 0.0676 e. The second-order valence-corrected chi connectivity index (χ2v) is 5.93. The third-order valence-corrected chi connectivity index (χ3v) is 3.70. The lowest BCUT2D eigenvalue weighted by atomic mass is 9.87. The summed E-state index contributed by atoms with van der Waals surface area (Å²) in [4.78, 5) is 4.52. The van der Waals surface area contributed by atoms with Gasteiger partial charge in [-0.25, -0.2) is 0 Å². The van der Waals surface area contributed by atoms with Gasteiger partial charge in [-0.05, 0) is 26.2 Å². The van der Waals surface area contributed by atoms with Crippen LogP contribution < -0.4 is 5.73 Å². The SMILES string of the molecule is CC(N)CC1(C)SC=NC1C(C)C. The quantitative estimate of drug-likeness (QED) is 0.759. The molecule has 0 spiro atoms. The van der Waals surface area contributed by atoms with Crippen LogP contribution >= 0.6 is 11.8 Å². The zero-order valence-electron chi connectivity index (χ0n) is 8.95. The summed E-state index contributed by atoms with van der Waals surface area (Å²) in [5, 5.41) is 0. The number of hydrogen-bond acceptors (Lipinski definition) is 3. The standard InChI is InChI=1S/C10H20N2S/c1-7(2)9-10(4,5-8(3)11)13-6-12-9/h6-9H,5,11H2,1-4H3. The van der Waals surface area contributed by atoms with E-state index in [9.17, 15) is 0 Å². The lowest BCUT2D eigenvalue weighted by molar-refractivity contribution is 0.375. The van der Waals surface area contributed by atoms with Gasteiger partial charge in [-0.1, -0.05) is 13.8 Å². The smallest absolute Gasteiger partial charge is 0.0676 e. The third-order valence-electron chi connectivity index (χ3n) is 2.53. The summed E-state index contributed by atoms with van der Waals surface area (Å²) in [5.41, 5.74) is 7.84. The fraction of sp³-hybridized carbons (Fsp3) is 0.900. The molecule has 1 heterocycles. The van der Waals surface area contributed by atoms with Gasteiger partial charge in [-0.15, -0.1) is 11.8 Å². The minimum Gasteiger partial charge on any atom is -0.328 e. The van der Waals surface area contributed by atoms with Crippen molar-refractivity contribution in [3.63, 3.8) is 0 Å². The number of thioether (sulfide) groups is 1. The van der Waals surface area contributed by atoms with Crippen molar-refractivity contribution < 1.29 is 0 Å². The number of nitrogens with zero attached hydrogens (tertiary/aromatic N) is 1. The lowest BCUT2D eigenvalue weighted by Gasteiger charge is -2.32. The molecular weight excluding hydrogens is 180 g/mol. The van der Waals surface area contributed by atoms with Crippen molar-refractivity contribution in [3.8, 4) is 0 Å². The lowest BCUT2D eigenvalue weighted by Crippen LogP contribution is -2.40. The van der Waals surface area contributed by atoms with Crippen molar-refractivity contribution in [2.24, 2.45) is 16.6 Å². The highest BCUT2D eigenvalue weighted by molar-refractivity contribution is 8.13. The maximum atomic E-state index is 5.85. The van der Waals surface area contributed by atoms with E-state index in [2.05, 4.69) is 32.7 Å². The molecule has 1 aliphatic rings. The molecular formula is C10H20N2S. The molecule has 0 saturated heterocycles. The Kier molecular flexibility index (Phi) is 3.41. The van der Waals surface area contributed by atoms with E-state index in [1.165, 1.54) is 0 Å². The van der Waals surface area contributed by atoms with Gasteiger partial charge in [0, 0.05) is 10.8 Å². The van der Waals surface area contributed by atoms with Gasteiger partial charge in [0.05, 0.1) is 11.6 Å². The van der Waals surface area contributed by atoms with Gasteiger partial charge in [0.1, 0.15) is 0 Å².